The van der Waals surface area contributed by atoms with Crippen molar-refractivity contribution in [1.29, 1.82) is 5.26 Å². The Bertz CT molecular complexity index is 769. The number of hydrogen-bond acceptors (Lipinski definition) is 8. The predicted molar refractivity (Wildman–Crippen MR) is 121 cm³/mol. The first kappa shape index (κ1) is 27.0. The van der Waals surface area contributed by atoms with E-state index in [1.54, 1.807) is 6.07 Å². The molecule has 2 aliphatic rings. The summed E-state index contributed by atoms with van der Waals surface area (Å²) in [6, 6.07) is 7.66. The van der Waals surface area contributed by atoms with E-state index in [1.807, 2.05) is 30.9 Å². The summed E-state index contributed by atoms with van der Waals surface area (Å²) in [7, 11) is 0. The van der Waals surface area contributed by atoms with Crippen molar-refractivity contribution in [2.75, 3.05) is 59.4 Å². The zero-order valence-electron chi connectivity index (χ0n) is 19.6. The van der Waals surface area contributed by atoms with Crippen LogP contribution in [0, 0.1) is 11.3 Å². The topological polar surface area (TPSA) is 121 Å². The Morgan fingerprint density at radius 3 is 2.21 bits per heavy atom. The molecule has 0 spiro atoms. The van der Waals surface area contributed by atoms with Gasteiger partial charge in [0.15, 0.2) is 0 Å². The van der Waals surface area contributed by atoms with Crippen LogP contribution in [-0.2, 0) is 19.0 Å². The van der Waals surface area contributed by atoms with Crippen LogP contribution in [-0.4, -0.2) is 86.0 Å². The van der Waals surface area contributed by atoms with Crippen LogP contribution in [0.1, 0.15) is 50.3 Å². The minimum atomic E-state index is -0.297. The highest BCUT2D eigenvalue weighted by molar-refractivity contribution is 5.78. The molecular formula is C24H36N2O7. The Hall–Kier alpha value is -2.22. The number of rotatable bonds is 11. The van der Waals surface area contributed by atoms with Gasteiger partial charge < -0.3 is 34.1 Å². The maximum Gasteiger partial charge on any atom is 0.223 e. The van der Waals surface area contributed by atoms with Crippen LogP contribution in [0.4, 0.5) is 0 Å². The van der Waals surface area contributed by atoms with Gasteiger partial charge in [0.05, 0.1) is 70.5 Å². The predicted octanol–water partition coefficient (Wildman–Crippen LogP) is 1.80. The lowest BCUT2D eigenvalue weighted by molar-refractivity contribution is -0.131. The van der Waals surface area contributed by atoms with E-state index in [0.29, 0.717) is 51.6 Å². The lowest BCUT2D eigenvalue weighted by Crippen LogP contribution is -2.42. The second-order valence-electron chi connectivity index (χ2n) is 8.42. The molecule has 184 valence electrons. The van der Waals surface area contributed by atoms with Gasteiger partial charge in [-0.25, -0.2) is 0 Å². The van der Waals surface area contributed by atoms with Gasteiger partial charge in [-0.1, -0.05) is 0 Å². The summed E-state index contributed by atoms with van der Waals surface area (Å²) in [4.78, 5) is 14.0. The van der Waals surface area contributed by atoms with Crippen LogP contribution >= 0.6 is 0 Å². The number of hydrogen-bond donors (Lipinski definition) is 2. The number of benzene rings is 1. The SMILES string of the molecule is CC1(C)CC(N2CCCC2=O)c2cc(C#N)ccc2O1.OCCOCCOCCOCCO. The molecule has 1 aromatic carbocycles. The minimum absolute atomic E-state index is 0.0250. The van der Waals surface area contributed by atoms with E-state index in [-0.39, 0.29) is 30.8 Å². The van der Waals surface area contributed by atoms with Gasteiger partial charge >= 0.3 is 0 Å². The molecule has 1 atom stereocenters. The standard InChI is InChI=1S/C16H18N2O2.C8H18O5/c1-16(2)9-13(18-7-3-4-15(18)19)12-8-11(10-17)5-6-14(12)20-16;9-1-3-11-5-7-13-8-6-12-4-2-10/h5-6,8,13H,3-4,7,9H2,1-2H3;9-10H,1-8H2. The number of carbonyl (C=O) groups is 1. The summed E-state index contributed by atoms with van der Waals surface area (Å²) in [5, 5.41) is 25.8. The Balaban J connectivity index is 0.000000260. The minimum Gasteiger partial charge on any atom is -0.487 e. The molecule has 3 rings (SSSR count). The van der Waals surface area contributed by atoms with Gasteiger partial charge in [-0.3, -0.25) is 4.79 Å². The van der Waals surface area contributed by atoms with Crippen molar-refractivity contribution >= 4 is 5.91 Å². The summed E-state index contributed by atoms with van der Waals surface area (Å²) < 4.78 is 21.0. The maximum atomic E-state index is 12.1. The molecule has 1 aromatic rings. The highest BCUT2D eigenvalue weighted by atomic mass is 16.5. The van der Waals surface area contributed by atoms with Crippen LogP contribution in [0.3, 0.4) is 0 Å². The van der Waals surface area contributed by atoms with E-state index in [1.165, 1.54) is 0 Å². The second kappa shape index (κ2) is 14.1. The number of aliphatic hydroxyl groups excluding tert-OH is 2. The first-order valence-corrected chi connectivity index (χ1v) is 11.4. The van der Waals surface area contributed by atoms with E-state index in [2.05, 4.69) is 6.07 Å². The van der Waals surface area contributed by atoms with Crippen LogP contribution in [0.5, 0.6) is 5.75 Å². The summed E-state index contributed by atoms with van der Waals surface area (Å²) >= 11 is 0. The lowest BCUT2D eigenvalue weighted by atomic mass is 9.88. The number of carbonyl (C=O) groups excluding carboxylic acids is 1. The fourth-order valence-electron chi connectivity index (χ4n) is 3.83. The van der Waals surface area contributed by atoms with Gasteiger partial charge in [0.2, 0.25) is 5.91 Å². The van der Waals surface area contributed by atoms with Gasteiger partial charge in [-0.2, -0.15) is 5.26 Å². The van der Waals surface area contributed by atoms with Gasteiger partial charge in [-0.15, -0.1) is 0 Å². The van der Waals surface area contributed by atoms with E-state index < -0.39 is 0 Å². The second-order valence-corrected chi connectivity index (χ2v) is 8.42. The van der Waals surface area contributed by atoms with Crippen molar-refractivity contribution in [3.05, 3.63) is 29.3 Å². The number of nitrogens with zero attached hydrogens (tertiary/aromatic N) is 2. The molecule has 33 heavy (non-hydrogen) atoms. The van der Waals surface area contributed by atoms with Crippen molar-refractivity contribution < 1.29 is 34.0 Å². The van der Waals surface area contributed by atoms with Crippen LogP contribution in [0.2, 0.25) is 0 Å². The van der Waals surface area contributed by atoms with Crippen LogP contribution in [0.25, 0.3) is 0 Å². The van der Waals surface area contributed by atoms with E-state index in [4.69, 9.17) is 34.4 Å². The Labute approximate surface area is 195 Å². The van der Waals surface area contributed by atoms with Gasteiger partial charge in [0, 0.05) is 24.9 Å². The van der Waals surface area contributed by atoms with Crippen molar-refractivity contribution in [2.45, 2.75) is 44.8 Å². The fraction of sp³-hybridized carbons (Fsp3) is 0.667. The Morgan fingerprint density at radius 2 is 1.70 bits per heavy atom. The van der Waals surface area contributed by atoms with Crippen LogP contribution < -0.4 is 4.74 Å². The fourth-order valence-corrected chi connectivity index (χ4v) is 3.83. The summed E-state index contributed by atoms with van der Waals surface area (Å²) in [6.07, 6.45) is 2.32. The first-order chi connectivity index (χ1) is 15.9. The monoisotopic (exact) mass is 464 g/mol. The molecule has 0 aromatic heterocycles. The molecule has 9 nitrogen and oxygen atoms in total. The summed E-state index contributed by atoms with van der Waals surface area (Å²) in [5.74, 6) is 1.01. The number of aliphatic hydroxyl groups is 2. The molecule has 1 saturated heterocycles. The molecule has 0 saturated carbocycles. The molecule has 1 amide bonds. The Kier molecular flexibility index (Phi) is 11.6. The van der Waals surface area contributed by atoms with Crippen molar-refractivity contribution in [3.8, 4) is 11.8 Å². The third kappa shape index (κ3) is 8.91. The molecule has 1 fully saturated rings. The molecule has 2 N–H and O–H groups in total. The third-order valence-electron chi connectivity index (χ3n) is 5.27. The molecule has 0 aliphatic carbocycles. The molecular weight excluding hydrogens is 428 g/mol. The zero-order valence-corrected chi connectivity index (χ0v) is 19.6. The first-order valence-electron chi connectivity index (χ1n) is 11.4. The number of ether oxygens (including phenoxy) is 4. The number of likely N-dealkylation sites (tertiary alicyclic amines) is 1. The highest BCUT2D eigenvalue weighted by Crippen LogP contribution is 2.44. The largest absolute Gasteiger partial charge is 0.487 e. The van der Waals surface area contributed by atoms with Crippen LogP contribution in [0.15, 0.2) is 18.2 Å². The maximum absolute atomic E-state index is 12.1. The Morgan fingerprint density at radius 1 is 1.09 bits per heavy atom. The van der Waals surface area contributed by atoms with Crippen molar-refractivity contribution in [3.63, 3.8) is 0 Å². The summed E-state index contributed by atoms with van der Waals surface area (Å²) in [5.41, 5.74) is 1.29. The zero-order chi connectivity index (χ0) is 24.1. The molecule has 9 heteroatoms. The van der Waals surface area contributed by atoms with Crippen molar-refractivity contribution in [2.24, 2.45) is 0 Å². The van der Waals surface area contributed by atoms with Gasteiger partial charge in [-0.05, 0) is 38.5 Å². The summed E-state index contributed by atoms with van der Waals surface area (Å²) in [6.45, 7) is 7.65. The van der Waals surface area contributed by atoms with Crippen molar-refractivity contribution in [1.82, 2.24) is 4.90 Å². The molecule has 0 radical (unpaired) electrons. The molecule has 2 heterocycles. The van der Waals surface area contributed by atoms with E-state index >= 15 is 0 Å². The number of fused-ring (bicyclic) bond motifs is 1. The quantitative estimate of drug-likeness (QED) is 0.476. The van der Waals surface area contributed by atoms with E-state index in [0.717, 1.165) is 30.7 Å². The normalized spacial score (nSPS) is 18.7. The smallest absolute Gasteiger partial charge is 0.223 e. The molecule has 1 unspecified atom stereocenters. The molecule has 0 bridgehead atoms. The molecule has 2 aliphatic heterocycles. The lowest BCUT2D eigenvalue weighted by Gasteiger charge is -2.41. The van der Waals surface area contributed by atoms with Gasteiger partial charge in [0.25, 0.3) is 0 Å². The average molecular weight is 465 g/mol. The van der Waals surface area contributed by atoms with E-state index in [9.17, 15) is 4.79 Å². The number of nitriles is 1. The average Bonchev–Trinajstić information content (AvgIpc) is 3.23. The number of amides is 1. The highest BCUT2D eigenvalue weighted by Gasteiger charge is 2.39. The third-order valence-corrected chi connectivity index (χ3v) is 5.27. The van der Waals surface area contributed by atoms with Gasteiger partial charge in [0.1, 0.15) is 11.4 Å².